The highest BCUT2D eigenvalue weighted by Crippen LogP contribution is 2.52. The Morgan fingerprint density at radius 3 is 2.63 bits per heavy atom. The fourth-order valence-electron chi connectivity index (χ4n) is 4.81. The highest BCUT2D eigenvalue weighted by atomic mass is 19.3. The first kappa shape index (κ1) is 19.1. The van der Waals surface area contributed by atoms with Crippen molar-refractivity contribution in [2.24, 2.45) is 17.6 Å². The summed E-state index contributed by atoms with van der Waals surface area (Å²) >= 11 is 0. The Hall–Kier alpha value is -2.84. The molecule has 2 aliphatic carbocycles. The molecule has 2 saturated carbocycles. The molecule has 5 rings (SSSR count). The van der Waals surface area contributed by atoms with Crippen LogP contribution in [0.3, 0.4) is 0 Å². The summed E-state index contributed by atoms with van der Waals surface area (Å²) in [5.41, 5.74) is 6.13. The van der Waals surface area contributed by atoms with E-state index in [-0.39, 0.29) is 49.2 Å². The predicted molar refractivity (Wildman–Crippen MR) is 103 cm³/mol. The fourth-order valence-corrected chi connectivity index (χ4v) is 4.81. The number of ketones is 1. The monoisotopic (exact) mass is 416 g/mol. The molecule has 3 fully saturated rings. The van der Waals surface area contributed by atoms with Crippen LogP contribution in [-0.4, -0.2) is 50.3 Å². The SMILES string of the molecule is NC(=O)c1nn(CC(=O)N2[C@@H]3C[C@@H]3C[C@H]2C(=O)CCC2CC2(F)F)c2ccccc12. The van der Waals surface area contributed by atoms with Gasteiger partial charge in [-0.15, -0.1) is 0 Å². The first-order valence-corrected chi connectivity index (χ1v) is 10.2. The molecule has 0 radical (unpaired) electrons. The lowest BCUT2D eigenvalue weighted by atomic mass is 10.0. The zero-order valence-corrected chi connectivity index (χ0v) is 16.3. The lowest BCUT2D eigenvalue weighted by Gasteiger charge is -2.27. The second kappa shape index (κ2) is 6.58. The molecule has 1 aliphatic heterocycles. The van der Waals surface area contributed by atoms with Crippen LogP contribution in [-0.2, 0) is 16.1 Å². The van der Waals surface area contributed by atoms with Gasteiger partial charge in [0.25, 0.3) is 11.8 Å². The van der Waals surface area contributed by atoms with Crippen molar-refractivity contribution in [3.8, 4) is 0 Å². The van der Waals surface area contributed by atoms with Crippen LogP contribution in [0.4, 0.5) is 8.78 Å². The van der Waals surface area contributed by atoms with Crippen LogP contribution in [0.2, 0.25) is 0 Å². The lowest BCUT2D eigenvalue weighted by molar-refractivity contribution is -0.139. The van der Waals surface area contributed by atoms with Gasteiger partial charge in [0.1, 0.15) is 6.54 Å². The van der Waals surface area contributed by atoms with Crippen molar-refractivity contribution in [1.82, 2.24) is 14.7 Å². The molecule has 158 valence electrons. The van der Waals surface area contributed by atoms with Gasteiger partial charge in [-0.05, 0) is 31.2 Å². The summed E-state index contributed by atoms with van der Waals surface area (Å²) in [4.78, 5) is 39.1. The molecular formula is C21H22F2N4O3. The van der Waals surface area contributed by atoms with Crippen LogP contribution < -0.4 is 5.73 Å². The van der Waals surface area contributed by atoms with Gasteiger partial charge < -0.3 is 10.6 Å². The van der Waals surface area contributed by atoms with E-state index in [1.165, 1.54) is 4.68 Å². The minimum atomic E-state index is -2.63. The van der Waals surface area contributed by atoms with Gasteiger partial charge in [-0.1, -0.05) is 18.2 Å². The van der Waals surface area contributed by atoms with Crippen LogP contribution >= 0.6 is 0 Å². The molecule has 1 aromatic carbocycles. The van der Waals surface area contributed by atoms with Crippen molar-refractivity contribution in [3.05, 3.63) is 30.0 Å². The van der Waals surface area contributed by atoms with E-state index >= 15 is 0 Å². The molecule has 0 bridgehead atoms. The number of para-hydroxylation sites is 1. The van der Waals surface area contributed by atoms with Crippen molar-refractivity contribution < 1.29 is 23.2 Å². The number of nitrogens with two attached hydrogens (primary N) is 1. The number of amides is 2. The molecule has 4 atom stereocenters. The van der Waals surface area contributed by atoms with E-state index in [4.69, 9.17) is 5.73 Å². The van der Waals surface area contributed by atoms with Gasteiger partial charge in [-0.2, -0.15) is 5.10 Å². The number of alkyl halides is 2. The Labute approximate surface area is 171 Å². The molecule has 1 unspecified atom stereocenters. The number of primary amides is 1. The Morgan fingerprint density at radius 2 is 1.93 bits per heavy atom. The number of fused-ring (bicyclic) bond motifs is 2. The van der Waals surface area contributed by atoms with E-state index in [1.807, 2.05) is 0 Å². The molecule has 7 nitrogen and oxygen atoms in total. The number of Topliss-reactive ketones (excluding diaryl/α,β-unsaturated/α-hetero) is 1. The third-order valence-electron chi connectivity index (χ3n) is 6.64. The summed E-state index contributed by atoms with van der Waals surface area (Å²) in [6.45, 7) is -0.110. The van der Waals surface area contributed by atoms with E-state index in [2.05, 4.69) is 5.10 Å². The average molecular weight is 416 g/mol. The lowest BCUT2D eigenvalue weighted by Crippen LogP contribution is -2.44. The molecule has 9 heteroatoms. The van der Waals surface area contributed by atoms with Gasteiger partial charge in [0.05, 0.1) is 11.6 Å². The van der Waals surface area contributed by atoms with Crippen molar-refractivity contribution in [2.75, 3.05) is 0 Å². The number of nitrogens with zero attached hydrogens (tertiary/aromatic N) is 3. The maximum atomic E-state index is 13.1. The quantitative estimate of drug-likeness (QED) is 0.748. The Balaban J connectivity index is 1.32. The van der Waals surface area contributed by atoms with Gasteiger partial charge >= 0.3 is 0 Å². The van der Waals surface area contributed by atoms with Crippen molar-refractivity contribution in [3.63, 3.8) is 0 Å². The molecule has 2 amide bonds. The number of likely N-dealkylation sites (tertiary alicyclic amines) is 1. The first-order chi connectivity index (χ1) is 14.3. The smallest absolute Gasteiger partial charge is 0.269 e. The summed E-state index contributed by atoms with van der Waals surface area (Å²) < 4.78 is 27.7. The largest absolute Gasteiger partial charge is 0.364 e. The van der Waals surface area contributed by atoms with Crippen LogP contribution in [0.1, 0.15) is 42.6 Å². The van der Waals surface area contributed by atoms with Gasteiger partial charge in [-0.3, -0.25) is 19.1 Å². The molecule has 2 heterocycles. The first-order valence-electron chi connectivity index (χ1n) is 10.2. The normalized spacial score (nSPS) is 28.4. The van der Waals surface area contributed by atoms with Gasteiger partial charge in [0, 0.05) is 30.2 Å². The molecule has 30 heavy (non-hydrogen) atoms. The van der Waals surface area contributed by atoms with E-state index < -0.39 is 23.8 Å². The highest BCUT2D eigenvalue weighted by molar-refractivity contribution is 6.04. The minimum Gasteiger partial charge on any atom is -0.364 e. The zero-order chi connectivity index (χ0) is 21.2. The van der Waals surface area contributed by atoms with Crippen LogP contribution in [0.15, 0.2) is 24.3 Å². The topological polar surface area (TPSA) is 98.3 Å². The predicted octanol–water partition coefficient (Wildman–Crippen LogP) is 2.13. The van der Waals surface area contributed by atoms with Crippen molar-refractivity contribution >= 4 is 28.5 Å². The number of halogens is 2. The summed E-state index contributed by atoms with van der Waals surface area (Å²) in [7, 11) is 0. The fraction of sp³-hybridized carbons (Fsp3) is 0.524. The van der Waals surface area contributed by atoms with Gasteiger partial charge in [0.15, 0.2) is 11.5 Å². The molecule has 2 aromatic rings. The maximum Gasteiger partial charge on any atom is 0.269 e. The minimum absolute atomic E-state index is 0.0336. The number of hydrogen-bond acceptors (Lipinski definition) is 4. The molecule has 2 N–H and O–H groups in total. The number of carbonyl (C=O) groups is 3. The molecule has 0 spiro atoms. The molecule has 3 aliphatic rings. The van der Waals surface area contributed by atoms with E-state index in [1.54, 1.807) is 29.2 Å². The Kier molecular flexibility index (Phi) is 4.20. The Morgan fingerprint density at radius 1 is 1.20 bits per heavy atom. The number of aromatic nitrogens is 2. The molecule has 1 saturated heterocycles. The molecule has 1 aromatic heterocycles. The summed E-state index contributed by atoms with van der Waals surface area (Å²) in [6, 6.07) is 6.50. The standard InChI is InChI=1S/C21H22F2N4O3/c22-21(23)9-12(21)5-6-17(28)16-8-11-7-15(11)27(16)18(29)10-26-14-4-2-1-3-13(14)19(25-26)20(24)30/h1-4,11-12,15-16H,5-10H2,(H2,24,30)/t11-,12?,15-,16+/m1/s1. The number of piperidine rings is 1. The van der Waals surface area contributed by atoms with Crippen LogP contribution in [0.5, 0.6) is 0 Å². The van der Waals surface area contributed by atoms with Crippen molar-refractivity contribution in [1.29, 1.82) is 0 Å². The van der Waals surface area contributed by atoms with Crippen molar-refractivity contribution in [2.45, 2.75) is 56.7 Å². The second-order valence-corrected chi connectivity index (χ2v) is 8.67. The number of hydrogen-bond donors (Lipinski definition) is 1. The third kappa shape index (κ3) is 3.16. The van der Waals surface area contributed by atoms with E-state index in [0.29, 0.717) is 23.2 Å². The van der Waals surface area contributed by atoms with Crippen LogP contribution in [0.25, 0.3) is 10.9 Å². The maximum absolute atomic E-state index is 13.1. The summed E-state index contributed by atoms with van der Waals surface area (Å²) in [5, 5.41) is 4.79. The summed E-state index contributed by atoms with van der Waals surface area (Å²) in [5.74, 6) is -4.09. The van der Waals surface area contributed by atoms with E-state index in [0.717, 1.165) is 6.42 Å². The van der Waals surface area contributed by atoms with E-state index in [9.17, 15) is 23.2 Å². The van der Waals surface area contributed by atoms with Crippen LogP contribution in [0, 0.1) is 11.8 Å². The second-order valence-electron chi connectivity index (χ2n) is 8.67. The number of rotatable bonds is 7. The zero-order valence-electron chi connectivity index (χ0n) is 16.3. The highest BCUT2D eigenvalue weighted by Gasteiger charge is 2.58. The van der Waals surface area contributed by atoms with Gasteiger partial charge in [0.2, 0.25) is 5.91 Å². The number of benzene rings is 1. The average Bonchev–Trinajstić information content (AvgIpc) is 3.49. The Bertz CT molecular complexity index is 1070. The number of carbonyl (C=O) groups excluding carboxylic acids is 3. The van der Waals surface area contributed by atoms with Gasteiger partial charge in [-0.25, -0.2) is 8.78 Å². The third-order valence-corrected chi connectivity index (χ3v) is 6.64. The summed E-state index contributed by atoms with van der Waals surface area (Å²) in [6.07, 6.45) is 1.56. The molecular weight excluding hydrogens is 394 g/mol.